The van der Waals surface area contributed by atoms with E-state index in [-0.39, 0.29) is 12.4 Å². The van der Waals surface area contributed by atoms with Crippen LogP contribution in [0.25, 0.3) is 5.65 Å². The van der Waals surface area contributed by atoms with Crippen LogP contribution in [0.15, 0.2) is 53.3 Å². The predicted molar refractivity (Wildman–Crippen MR) is 73.6 cm³/mol. The van der Waals surface area contributed by atoms with E-state index in [2.05, 4.69) is 20.9 Å². The van der Waals surface area contributed by atoms with Gasteiger partial charge in [-0.05, 0) is 30.3 Å². The summed E-state index contributed by atoms with van der Waals surface area (Å²) in [6, 6.07) is 10.5. The number of fused-ring (bicyclic) bond motifs is 1. The Morgan fingerprint density at radius 2 is 2.16 bits per heavy atom. The Bertz CT molecular complexity index is 693. The average molecular weight is 321 g/mol. The van der Waals surface area contributed by atoms with E-state index in [9.17, 15) is 4.39 Å². The van der Waals surface area contributed by atoms with E-state index in [4.69, 9.17) is 4.74 Å². The highest BCUT2D eigenvalue weighted by molar-refractivity contribution is 9.10. The molecule has 1 aromatic carbocycles. The first-order valence-corrected chi connectivity index (χ1v) is 6.52. The highest BCUT2D eigenvalue weighted by atomic mass is 79.9. The summed E-state index contributed by atoms with van der Waals surface area (Å²) in [7, 11) is 0. The number of pyridine rings is 1. The van der Waals surface area contributed by atoms with Crippen LogP contribution in [0.1, 0.15) is 5.69 Å². The number of aromatic nitrogens is 2. The summed E-state index contributed by atoms with van der Waals surface area (Å²) < 4.78 is 21.6. The van der Waals surface area contributed by atoms with Crippen LogP contribution in [-0.2, 0) is 6.61 Å². The first kappa shape index (κ1) is 12.2. The molecule has 3 rings (SSSR count). The van der Waals surface area contributed by atoms with Crippen molar-refractivity contribution in [3.8, 4) is 5.75 Å². The molecular formula is C14H10BrFN2O. The second kappa shape index (κ2) is 5.01. The molecule has 0 aliphatic carbocycles. The smallest absolute Gasteiger partial charge is 0.166 e. The molecule has 0 atom stereocenters. The van der Waals surface area contributed by atoms with Crippen molar-refractivity contribution >= 4 is 21.6 Å². The normalized spacial score (nSPS) is 10.8. The first-order valence-electron chi connectivity index (χ1n) is 5.73. The van der Waals surface area contributed by atoms with Crippen LogP contribution in [-0.4, -0.2) is 9.38 Å². The Balaban J connectivity index is 1.78. The summed E-state index contributed by atoms with van der Waals surface area (Å²) in [5, 5.41) is 0. The third-order valence-electron chi connectivity index (χ3n) is 2.68. The van der Waals surface area contributed by atoms with Gasteiger partial charge in [0.25, 0.3) is 0 Å². The minimum absolute atomic E-state index is 0.222. The van der Waals surface area contributed by atoms with Gasteiger partial charge in [0.1, 0.15) is 12.3 Å². The Kier molecular flexibility index (Phi) is 3.21. The molecule has 0 saturated heterocycles. The molecule has 0 spiro atoms. The van der Waals surface area contributed by atoms with Crippen molar-refractivity contribution in [1.82, 2.24) is 9.38 Å². The van der Waals surface area contributed by atoms with E-state index in [0.29, 0.717) is 4.47 Å². The highest BCUT2D eigenvalue weighted by Crippen LogP contribution is 2.22. The number of benzene rings is 1. The molecule has 0 amide bonds. The van der Waals surface area contributed by atoms with Gasteiger partial charge in [-0.2, -0.15) is 0 Å². The topological polar surface area (TPSA) is 26.5 Å². The van der Waals surface area contributed by atoms with E-state index < -0.39 is 5.82 Å². The van der Waals surface area contributed by atoms with Gasteiger partial charge in [-0.15, -0.1) is 0 Å². The summed E-state index contributed by atoms with van der Waals surface area (Å²) in [4.78, 5) is 4.38. The van der Waals surface area contributed by atoms with Crippen molar-refractivity contribution < 1.29 is 9.13 Å². The van der Waals surface area contributed by atoms with Crippen LogP contribution in [0.4, 0.5) is 4.39 Å². The molecule has 3 nitrogen and oxygen atoms in total. The SMILES string of the molecule is Fc1cc(Br)ccc1OCc1cn2ccccc2n1. The van der Waals surface area contributed by atoms with Crippen molar-refractivity contribution in [3.63, 3.8) is 0 Å². The van der Waals surface area contributed by atoms with Gasteiger partial charge in [0.15, 0.2) is 11.6 Å². The number of rotatable bonds is 3. The zero-order valence-corrected chi connectivity index (χ0v) is 11.5. The summed E-state index contributed by atoms with van der Waals surface area (Å²) in [6.07, 6.45) is 3.78. The third-order valence-corrected chi connectivity index (χ3v) is 3.18. The van der Waals surface area contributed by atoms with Gasteiger partial charge in [0.05, 0.1) is 5.69 Å². The fraction of sp³-hybridized carbons (Fsp3) is 0.0714. The summed E-state index contributed by atoms with van der Waals surface area (Å²) in [6.45, 7) is 0.236. The Hall–Kier alpha value is -1.88. The predicted octanol–water partition coefficient (Wildman–Crippen LogP) is 3.81. The van der Waals surface area contributed by atoms with Crippen molar-refractivity contribution in [1.29, 1.82) is 0 Å². The first-order chi connectivity index (χ1) is 9.22. The van der Waals surface area contributed by atoms with Crippen molar-refractivity contribution in [2.24, 2.45) is 0 Å². The lowest BCUT2D eigenvalue weighted by atomic mass is 10.3. The molecule has 2 heterocycles. The number of hydrogen-bond donors (Lipinski definition) is 0. The second-order valence-corrected chi connectivity index (χ2v) is 4.98. The second-order valence-electron chi connectivity index (χ2n) is 4.06. The Morgan fingerprint density at radius 1 is 1.26 bits per heavy atom. The van der Waals surface area contributed by atoms with Crippen molar-refractivity contribution in [3.05, 3.63) is 64.8 Å². The average Bonchev–Trinajstić information content (AvgIpc) is 2.80. The largest absolute Gasteiger partial charge is 0.484 e. The molecule has 0 radical (unpaired) electrons. The molecule has 0 saturated carbocycles. The van der Waals surface area contributed by atoms with Crippen molar-refractivity contribution in [2.75, 3.05) is 0 Å². The lowest BCUT2D eigenvalue weighted by Gasteiger charge is -2.05. The molecule has 0 unspecified atom stereocenters. The van der Waals surface area contributed by atoms with E-state index in [1.54, 1.807) is 12.1 Å². The minimum atomic E-state index is -0.391. The zero-order chi connectivity index (χ0) is 13.2. The maximum absolute atomic E-state index is 13.6. The number of imidazole rings is 1. The third kappa shape index (κ3) is 2.61. The molecule has 0 aliphatic heterocycles. The van der Waals surface area contributed by atoms with Gasteiger partial charge in [-0.1, -0.05) is 22.0 Å². The molecule has 19 heavy (non-hydrogen) atoms. The molecule has 0 bridgehead atoms. The van der Waals surface area contributed by atoms with E-state index in [1.807, 2.05) is 35.0 Å². The lowest BCUT2D eigenvalue weighted by molar-refractivity contribution is 0.286. The molecule has 0 N–H and O–H groups in total. The van der Waals surface area contributed by atoms with Gasteiger partial charge >= 0.3 is 0 Å². The Labute approximate surface area is 117 Å². The molecule has 3 aromatic rings. The standard InChI is InChI=1S/C14H10BrFN2O/c15-10-4-5-13(12(16)7-10)19-9-11-8-18-6-2-1-3-14(18)17-11/h1-8H,9H2. The van der Waals surface area contributed by atoms with Gasteiger partial charge in [0.2, 0.25) is 0 Å². The fourth-order valence-corrected chi connectivity index (χ4v) is 2.13. The number of hydrogen-bond acceptors (Lipinski definition) is 2. The minimum Gasteiger partial charge on any atom is -0.484 e. The van der Waals surface area contributed by atoms with Gasteiger partial charge < -0.3 is 9.14 Å². The van der Waals surface area contributed by atoms with E-state index in [1.165, 1.54) is 6.07 Å². The van der Waals surface area contributed by atoms with Crippen LogP contribution in [0.3, 0.4) is 0 Å². The van der Waals surface area contributed by atoms with Crippen LogP contribution in [0, 0.1) is 5.82 Å². The van der Waals surface area contributed by atoms with E-state index in [0.717, 1.165) is 11.3 Å². The molecule has 96 valence electrons. The van der Waals surface area contributed by atoms with Crippen LogP contribution in [0.2, 0.25) is 0 Å². The molecular weight excluding hydrogens is 311 g/mol. The maximum Gasteiger partial charge on any atom is 0.166 e. The molecule has 0 fully saturated rings. The quantitative estimate of drug-likeness (QED) is 0.733. The Morgan fingerprint density at radius 3 is 2.95 bits per heavy atom. The van der Waals surface area contributed by atoms with Crippen LogP contribution >= 0.6 is 15.9 Å². The summed E-state index contributed by atoms with van der Waals surface area (Å²) in [5.74, 6) is -0.168. The zero-order valence-electron chi connectivity index (χ0n) is 9.88. The summed E-state index contributed by atoms with van der Waals surface area (Å²) in [5.41, 5.74) is 1.60. The van der Waals surface area contributed by atoms with E-state index >= 15 is 0 Å². The van der Waals surface area contributed by atoms with Gasteiger partial charge in [-0.25, -0.2) is 9.37 Å². The number of ether oxygens (including phenoxy) is 1. The maximum atomic E-state index is 13.6. The van der Waals surface area contributed by atoms with Crippen LogP contribution < -0.4 is 4.74 Å². The van der Waals surface area contributed by atoms with Crippen molar-refractivity contribution in [2.45, 2.75) is 6.61 Å². The lowest BCUT2D eigenvalue weighted by Crippen LogP contribution is -1.97. The molecule has 5 heteroatoms. The van der Waals surface area contributed by atoms with Gasteiger partial charge in [0, 0.05) is 16.9 Å². The molecule has 2 aromatic heterocycles. The van der Waals surface area contributed by atoms with Gasteiger partial charge in [-0.3, -0.25) is 0 Å². The fourth-order valence-electron chi connectivity index (χ4n) is 1.80. The molecule has 0 aliphatic rings. The number of halogens is 2. The van der Waals surface area contributed by atoms with Crippen LogP contribution in [0.5, 0.6) is 5.75 Å². The number of nitrogens with zero attached hydrogens (tertiary/aromatic N) is 2. The highest BCUT2D eigenvalue weighted by Gasteiger charge is 2.06. The monoisotopic (exact) mass is 320 g/mol. The summed E-state index contributed by atoms with van der Waals surface area (Å²) >= 11 is 3.20.